The minimum absolute atomic E-state index is 0.217. The fourth-order valence-corrected chi connectivity index (χ4v) is 2.94. The number of aromatic nitrogens is 6. The normalized spacial score (nSPS) is 11.1. The largest absolute Gasteiger partial charge is 0.382 e. The number of pyridine rings is 2. The highest BCUT2D eigenvalue weighted by Gasteiger charge is 2.20. The van der Waals surface area contributed by atoms with Crippen molar-refractivity contribution in [1.82, 2.24) is 29.8 Å². The predicted octanol–water partition coefficient (Wildman–Crippen LogP) is 2.13. The Hall–Kier alpha value is -3.49. The van der Waals surface area contributed by atoms with Crippen molar-refractivity contribution < 1.29 is 4.63 Å². The lowest BCUT2D eigenvalue weighted by atomic mass is 10.2. The van der Waals surface area contributed by atoms with Gasteiger partial charge in [0.05, 0.1) is 23.6 Å². The molecular weight excluding hydrogens is 332 g/mol. The molecule has 0 aliphatic carbocycles. The number of hydrogen-bond acceptors (Lipinski definition) is 8. The summed E-state index contributed by atoms with van der Waals surface area (Å²) < 4.78 is 6.75. The van der Waals surface area contributed by atoms with Crippen molar-refractivity contribution >= 4 is 22.5 Å². The van der Waals surface area contributed by atoms with Gasteiger partial charge in [0.15, 0.2) is 17.3 Å². The molecule has 132 valence electrons. The zero-order valence-corrected chi connectivity index (χ0v) is 14.3. The second-order valence-corrected chi connectivity index (χ2v) is 5.77. The number of fused-ring (bicyclic) bond motifs is 1. The molecule has 3 N–H and O–H groups in total. The third kappa shape index (κ3) is 2.83. The highest BCUT2D eigenvalue weighted by Crippen LogP contribution is 2.30. The Morgan fingerprint density at radius 3 is 2.85 bits per heavy atom. The Bertz CT molecular complexity index is 1020. The van der Waals surface area contributed by atoms with E-state index < -0.39 is 0 Å². The molecule has 0 atom stereocenters. The first-order valence-corrected chi connectivity index (χ1v) is 8.33. The van der Waals surface area contributed by atoms with Gasteiger partial charge in [-0.2, -0.15) is 0 Å². The van der Waals surface area contributed by atoms with Gasteiger partial charge in [-0.25, -0.2) is 9.61 Å². The summed E-state index contributed by atoms with van der Waals surface area (Å²) in [7, 11) is 0. The Kier molecular flexibility index (Phi) is 4.18. The molecule has 0 radical (unpaired) electrons. The molecule has 9 heteroatoms. The summed E-state index contributed by atoms with van der Waals surface area (Å²) in [5.74, 6) is 0.832. The Morgan fingerprint density at radius 1 is 1.19 bits per heavy atom. The van der Waals surface area contributed by atoms with E-state index in [4.69, 9.17) is 10.4 Å². The van der Waals surface area contributed by atoms with Crippen molar-refractivity contribution in [2.75, 3.05) is 17.6 Å². The van der Waals surface area contributed by atoms with E-state index in [0.29, 0.717) is 18.1 Å². The Morgan fingerprint density at radius 2 is 2.12 bits per heavy atom. The average Bonchev–Trinajstić information content (AvgIpc) is 3.25. The van der Waals surface area contributed by atoms with Crippen LogP contribution in [0.5, 0.6) is 0 Å². The van der Waals surface area contributed by atoms with E-state index in [1.165, 1.54) is 5.56 Å². The zero-order chi connectivity index (χ0) is 17.9. The molecular formula is C17H18N8O. The molecule has 0 saturated heterocycles. The van der Waals surface area contributed by atoms with Crippen LogP contribution in [0, 0.1) is 0 Å². The van der Waals surface area contributed by atoms with Gasteiger partial charge in [-0.1, -0.05) is 6.07 Å². The number of anilines is 2. The molecule has 0 bridgehead atoms. The predicted molar refractivity (Wildman–Crippen MR) is 97.3 cm³/mol. The summed E-state index contributed by atoms with van der Waals surface area (Å²) in [6.07, 6.45) is 8.02. The van der Waals surface area contributed by atoms with Crippen LogP contribution in [0.2, 0.25) is 0 Å². The number of nitrogens with one attached hydrogen (secondary N) is 1. The van der Waals surface area contributed by atoms with E-state index >= 15 is 0 Å². The molecule has 0 fully saturated rings. The summed E-state index contributed by atoms with van der Waals surface area (Å²) >= 11 is 0. The quantitative estimate of drug-likeness (QED) is 0.542. The maximum atomic E-state index is 5.84. The first-order chi connectivity index (χ1) is 12.8. The highest BCUT2D eigenvalue weighted by atomic mass is 16.6. The molecule has 26 heavy (non-hydrogen) atoms. The van der Waals surface area contributed by atoms with Crippen LogP contribution in [0.3, 0.4) is 0 Å². The third-order valence-corrected chi connectivity index (χ3v) is 4.14. The standard InChI is InChI=1S/C17H18N8O/c1-2-25-15-12(21-7-5-11-4-3-6-19-8-11)9-20-10-13(15)22-17(25)14-16(18)24-26-23-14/h3-4,6,8-10,21H,2,5,7H2,1H3,(H2,18,24). The Labute approximate surface area is 149 Å². The van der Waals surface area contributed by atoms with Crippen molar-refractivity contribution in [2.24, 2.45) is 0 Å². The topological polar surface area (TPSA) is 121 Å². The van der Waals surface area contributed by atoms with Crippen molar-refractivity contribution in [2.45, 2.75) is 19.9 Å². The van der Waals surface area contributed by atoms with Gasteiger partial charge in [0, 0.05) is 25.5 Å². The number of aryl methyl sites for hydroxylation is 1. The molecule has 4 aromatic rings. The van der Waals surface area contributed by atoms with Crippen LogP contribution < -0.4 is 11.1 Å². The summed E-state index contributed by atoms with van der Waals surface area (Å²) in [5.41, 5.74) is 10.1. The lowest BCUT2D eigenvalue weighted by Crippen LogP contribution is -2.08. The highest BCUT2D eigenvalue weighted by molar-refractivity contribution is 5.90. The molecule has 9 nitrogen and oxygen atoms in total. The summed E-state index contributed by atoms with van der Waals surface area (Å²) in [5, 5.41) is 11.0. The van der Waals surface area contributed by atoms with Gasteiger partial charge in [0.25, 0.3) is 0 Å². The van der Waals surface area contributed by atoms with Gasteiger partial charge in [0.1, 0.15) is 5.52 Å². The molecule has 4 rings (SSSR count). The van der Waals surface area contributed by atoms with E-state index in [2.05, 4.69) is 36.6 Å². The fourth-order valence-electron chi connectivity index (χ4n) is 2.94. The molecule has 0 spiro atoms. The summed E-state index contributed by atoms with van der Waals surface area (Å²) in [6, 6.07) is 3.99. The van der Waals surface area contributed by atoms with Crippen molar-refractivity contribution in [3.05, 3.63) is 42.5 Å². The number of nitrogens with two attached hydrogens (primary N) is 1. The lowest BCUT2D eigenvalue weighted by Gasteiger charge is -2.10. The van der Waals surface area contributed by atoms with Crippen LogP contribution in [0.25, 0.3) is 22.6 Å². The van der Waals surface area contributed by atoms with E-state index in [1.54, 1.807) is 18.6 Å². The van der Waals surface area contributed by atoms with Gasteiger partial charge in [0.2, 0.25) is 0 Å². The smallest absolute Gasteiger partial charge is 0.199 e. The van der Waals surface area contributed by atoms with Crippen LogP contribution in [-0.2, 0) is 13.0 Å². The molecule has 4 heterocycles. The van der Waals surface area contributed by atoms with Crippen LogP contribution >= 0.6 is 0 Å². The Balaban J connectivity index is 1.67. The first kappa shape index (κ1) is 16.0. The van der Waals surface area contributed by atoms with Crippen LogP contribution in [0.15, 0.2) is 41.5 Å². The number of rotatable bonds is 6. The fraction of sp³-hybridized carbons (Fsp3) is 0.235. The van der Waals surface area contributed by atoms with E-state index in [-0.39, 0.29) is 5.82 Å². The van der Waals surface area contributed by atoms with E-state index in [0.717, 1.165) is 29.7 Å². The van der Waals surface area contributed by atoms with E-state index in [9.17, 15) is 0 Å². The summed E-state index contributed by atoms with van der Waals surface area (Å²) in [6.45, 7) is 3.48. The van der Waals surface area contributed by atoms with Gasteiger partial charge >= 0.3 is 0 Å². The zero-order valence-electron chi connectivity index (χ0n) is 14.3. The molecule has 0 saturated carbocycles. The minimum Gasteiger partial charge on any atom is -0.382 e. The van der Waals surface area contributed by atoms with Crippen LogP contribution in [0.4, 0.5) is 11.5 Å². The van der Waals surface area contributed by atoms with Gasteiger partial charge in [-0.15, -0.1) is 0 Å². The molecule has 0 aromatic carbocycles. The first-order valence-electron chi connectivity index (χ1n) is 8.33. The number of nitrogens with zero attached hydrogens (tertiary/aromatic N) is 6. The van der Waals surface area contributed by atoms with Gasteiger partial charge < -0.3 is 15.6 Å². The summed E-state index contributed by atoms with van der Waals surface area (Å²) in [4.78, 5) is 13.1. The molecule has 0 aliphatic heterocycles. The van der Waals surface area contributed by atoms with Gasteiger partial charge in [-0.3, -0.25) is 9.97 Å². The number of nitrogen functional groups attached to an aromatic ring is 1. The van der Waals surface area contributed by atoms with Crippen LogP contribution in [0.1, 0.15) is 12.5 Å². The third-order valence-electron chi connectivity index (χ3n) is 4.14. The van der Waals surface area contributed by atoms with Crippen LogP contribution in [-0.4, -0.2) is 36.4 Å². The molecule has 0 amide bonds. The van der Waals surface area contributed by atoms with Gasteiger partial charge in [-0.05, 0) is 35.3 Å². The van der Waals surface area contributed by atoms with Crippen molar-refractivity contribution in [1.29, 1.82) is 0 Å². The molecule has 0 unspecified atom stereocenters. The van der Waals surface area contributed by atoms with Crippen molar-refractivity contribution in [3.63, 3.8) is 0 Å². The average molecular weight is 350 g/mol. The second kappa shape index (κ2) is 6.79. The SMILES string of the molecule is CCn1c(-c2nonc2N)nc2cncc(NCCc3cccnc3)c21. The lowest BCUT2D eigenvalue weighted by molar-refractivity contribution is 0.310. The molecule has 0 aliphatic rings. The number of imidazole rings is 1. The van der Waals surface area contributed by atoms with Crippen molar-refractivity contribution in [3.8, 4) is 11.5 Å². The maximum absolute atomic E-state index is 5.84. The number of hydrogen-bond donors (Lipinski definition) is 2. The minimum atomic E-state index is 0.217. The second-order valence-electron chi connectivity index (χ2n) is 5.77. The monoisotopic (exact) mass is 350 g/mol. The molecule has 4 aromatic heterocycles. The van der Waals surface area contributed by atoms with E-state index in [1.807, 2.05) is 23.8 Å². The maximum Gasteiger partial charge on any atom is 0.199 e.